The van der Waals surface area contributed by atoms with Crippen molar-refractivity contribution < 1.29 is 22.7 Å². The van der Waals surface area contributed by atoms with E-state index in [0.29, 0.717) is 5.56 Å². The zero-order valence-corrected chi connectivity index (χ0v) is 16.9. The second kappa shape index (κ2) is 10.5. The van der Waals surface area contributed by atoms with Crippen LogP contribution in [0.2, 0.25) is 0 Å². The molecule has 0 fully saturated rings. The molecule has 0 aromatic heterocycles. The molecule has 0 aliphatic carbocycles. The van der Waals surface area contributed by atoms with Crippen molar-refractivity contribution in [3.05, 3.63) is 65.2 Å². The quantitative estimate of drug-likeness (QED) is 0.363. The van der Waals surface area contributed by atoms with E-state index in [1.54, 1.807) is 12.1 Å². The number of hydrogen-bond donors (Lipinski definition) is 1. The maximum Gasteiger partial charge on any atom is 0.338 e. The minimum Gasteiger partial charge on any atom is -0.454 e. The van der Waals surface area contributed by atoms with Crippen LogP contribution in [0.25, 0.3) is 0 Å². The van der Waals surface area contributed by atoms with E-state index in [9.17, 15) is 18.0 Å². The molecular formula is C21H22N2O5S. The minimum atomic E-state index is -3.75. The molecule has 0 saturated heterocycles. The molecule has 0 amide bonds. The topological polar surface area (TPSA) is 113 Å². The van der Waals surface area contributed by atoms with Gasteiger partial charge in [-0.05, 0) is 36.2 Å². The first-order valence-corrected chi connectivity index (χ1v) is 10.6. The van der Waals surface area contributed by atoms with Gasteiger partial charge in [-0.2, -0.15) is 5.26 Å². The molecular weight excluding hydrogens is 392 g/mol. The Kier molecular flexibility index (Phi) is 8.07. The van der Waals surface area contributed by atoms with E-state index in [-0.39, 0.29) is 29.2 Å². The van der Waals surface area contributed by atoms with Crippen LogP contribution >= 0.6 is 0 Å². The summed E-state index contributed by atoms with van der Waals surface area (Å²) in [6.07, 6.45) is 2.00. The number of hydrogen-bond acceptors (Lipinski definition) is 6. The summed E-state index contributed by atoms with van der Waals surface area (Å²) in [6, 6.07) is 14.2. The largest absolute Gasteiger partial charge is 0.454 e. The SMILES string of the molecule is CCCc1ccc(C(=O)COC(=O)c2ccc(S(=O)(=O)NCCC#N)cc2)cc1. The van der Waals surface area contributed by atoms with Crippen molar-refractivity contribution in [3.63, 3.8) is 0 Å². The maximum atomic E-state index is 12.2. The number of ether oxygens (including phenoxy) is 1. The van der Waals surface area contributed by atoms with Gasteiger partial charge in [-0.25, -0.2) is 17.9 Å². The number of Topliss-reactive ketones (excluding diaryl/α,β-unsaturated/α-hetero) is 1. The van der Waals surface area contributed by atoms with Gasteiger partial charge in [0.15, 0.2) is 12.4 Å². The number of nitrogens with zero attached hydrogens (tertiary/aromatic N) is 1. The number of rotatable bonds is 10. The van der Waals surface area contributed by atoms with E-state index in [1.807, 2.05) is 18.2 Å². The van der Waals surface area contributed by atoms with E-state index in [4.69, 9.17) is 10.00 Å². The second-order valence-corrected chi connectivity index (χ2v) is 8.04. The lowest BCUT2D eigenvalue weighted by Gasteiger charge is -2.07. The molecule has 0 spiro atoms. The number of carbonyl (C=O) groups excluding carboxylic acids is 2. The Morgan fingerprint density at radius 1 is 1.03 bits per heavy atom. The molecule has 1 N–H and O–H groups in total. The summed E-state index contributed by atoms with van der Waals surface area (Å²) in [7, 11) is -3.75. The number of nitrogens with one attached hydrogen (secondary N) is 1. The van der Waals surface area contributed by atoms with Crippen LogP contribution < -0.4 is 4.72 Å². The number of carbonyl (C=O) groups is 2. The molecule has 0 radical (unpaired) electrons. The van der Waals surface area contributed by atoms with Crippen LogP contribution in [0.15, 0.2) is 53.4 Å². The number of esters is 1. The average molecular weight is 414 g/mol. The van der Waals surface area contributed by atoms with Gasteiger partial charge >= 0.3 is 5.97 Å². The first-order valence-electron chi connectivity index (χ1n) is 9.13. The predicted octanol–water partition coefficient (Wildman–Crippen LogP) is 2.87. The van der Waals surface area contributed by atoms with Gasteiger partial charge in [0.25, 0.3) is 0 Å². The van der Waals surface area contributed by atoms with Gasteiger partial charge in [0.2, 0.25) is 10.0 Å². The van der Waals surface area contributed by atoms with Crippen molar-refractivity contribution >= 4 is 21.8 Å². The van der Waals surface area contributed by atoms with Gasteiger partial charge in [-0.15, -0.1) is 0 Å². The fourth-order valence-corrected chi connectivity index (χ4v) is 3.57. The molecule has 0 unspecified atom stereocenters. The van der Waals surface area contributed by atoms with Crippen LogP contribution in [0.3, 0.4) is 0 Å². The lowest BCUT2D eigenvalue weighted by atomic mass is 10.1. The van der Waals surface area contributed by atoms with Crippen molar-refractivity contribution in [3.8, 4) is 6.07 Å². The van der Waals surface area contributed by atoms with Gasteiger partial charge in [0.05, 0.1) is 16.5 Å². The normalized spacial score (nSPS) is 10.9. The summed E-state index contributed by atoms with van der Waals surface area (Å²) in [5, 5.41) is 8.47. The Hall–Kier alpha value is -3.02. The lowest BCUT2D eigenvalue weighted by molar-refractivity contribution is 0.0474. The predicted molar refractivity (Wildman–Crippen MR) is 107 cm³/mol. The zero-order chi connectivity index (χ0) is 21.3. The summed E-state index contributed by atoms with van der Waals surface area (Å²) in [4.78, 5) is 24.3. The van der Waals surface area contributed by atoms with Crippen LogP contribution in [0.4, 0.5) is 0 Å². The molecule has 0 heterocycles. The van der Waals surface area contributed by atoms with Gasteiger partial charge in [-0.1, -0.05) is 37.6 Å². The number of aryl methyl sites for hydroxylation is 1. The van der Waals surface area contributed by atoms with Crippen molar-refractivity contribution in [1.82, 2.24) is 4.72 Å². The molecule has 7 nitrogen and oxygen atoms in total. The Morgan fingerprint density at radius 2 is 1.66 bits per heavy atom. The van der Waals surface area contributed by atoms with Gasteiger partial charge in [0, 0.05) is 18.5 Å². The molecule has 0 saturated carbocycles. The van der Waals surface area contributed by atoms with Crippen LogP contribution in [0.5, 0.6) is 0 Å². The highest BCUT2D eigenvalue weighted by Gasteiger charge is 2.16. The van der Waals surface area contributed by atoms with E-state index in [1.165, 1.54) is 24.3 Å². The van der Waals surface area contributed by atoms with Crippen LogP contribution in [0, 0.1) is 11.3 Å². The minimum absolute atomic E-state index is 0.00413. The molecule has 0 bridgehead atoms. The zero-order valence-electron chi connectivity index (χ0n) is 16.1. The number of nitriles is 1. The van der Waals surface area contributed by atoms with Gasteiger partial charge in [-0.3, -0.25) is 4.79 Å². The van der Waals surface area contributed by atoms with Crippen LogP contribution in [-0.4, -0.2) is 33.3 Å². The summed E-state index contributed by atoms with van der Waals surface area (Å²) in [5.41, 5.74) is 1.73. The second-order valence-electron chi connectivity index (χ2n) is 6.28. The maximum absolute atomic E-state index is 12.2. The van der Waals surface area contributed by atoms with Gasteiger partial charge < -0.3 is 4.74 Å². The van der Waals surface area contributed by atoms with Crippen LogP contribution in [-0.2, 0) is 21.2 Å². The van der Waals surface area contributed by atoms with Crippen molar-refractivity contribution in [2.24, 2.45) is 0 Å². The summed E-state index contributed by atoms with van der Waals surface area (Å²) in [6.45, 7) is 1.68. The highest BCUT2D eigenvalue weighted by atomic mass is 32.2. The number of sulfonamides is 1. The molecule has 152 valence electrons. The fraction of sp³-hybridized carbons (Fsp3) is 0.286. The molecule has 0 aliphatic rings. The number of benzene rings is 2. The Balaban J connectivity index is 1.93. The molecule has 2 aromatic carbocycles. The smallest absolute Gasteiger partial charge is 0.338 e. The Bertz CT molecular complexity index is 991. The molecule has 2 aromatic rings. The van der Waals surface area contributed by atoms with E-state index >= 15 is 0 Å². The van der Waals surface area contributed by atoms with Gasteiger partial charge in [0.1, 0.15) is 0 Å². The standard InChI is InChI=1S/C21H22N2O5S/c1-2-4-16-5-7-17(8-6-16)20(24)15-28-21(25)18-9-11-19(12-10-18)29(26,27)23-14-3-13-22/h5-12,23H,2-4,14-15H2,1H3. The summed E-state index contributed by atoms with van der Waals surface area (Å²) in [5.74, 6) is -1.04. The lowest BCUT2D eigenvalue weighted by Crippen LogP contribution is -2.24. The third-order valence-electron chi connectivity index (χ3n) is 4.08. The first-order chi connectivity index (χ1) is 13.9. The summed E-state index contributed by atoms with van der Waals surface area (Å²) >= 11 is 0. The van der Waals surface area contributed by atoms with Crippen LogP contribution in [0.1, 0.15) is 46.0 Å². The molecule has 29 heavy (non-hydrogen) atoms. The highest BCUT2D eigenvalue weighted by Crippen LogP contribution is 2.12. The summed E-state index contributed by atoms with van der Waals surface area (Å²) < 4.78 is 31.4. The molecule has 8 heteroatoms. The number of ketones is 1. The first kappa shape index (κ1) is 22.3. The third-order valence-corrected chi connectivity index (χ3v) is 5.56. The van der Waals surface area contributed by atoms with E-state index in [2.05, 4.69) is 11.6 Å². The Morgan fingerprint density at radius 3 is 2.24 bits per heavy atom. The molecule has 0 aliphatic heterocycles. The molecule has 0 atom stereocenters. The van der Waals surface area contributed by atoms with E-state index in [0.717, 1.165) is 18.4 Å². The highest BCUT2D eigenvalue weighted by molar-refractivity contribution is 7.89. The monoisotopic (exact) mass is 414 g/mol. The van der Waals surface area contributed by atoms with Crippen molar-refractivity contribution in [2.45, 2.75) is 31.1 Å². The van der Waals surface area contributed by atoms with E-state index < -0.39 is 22.6 Å². The average Bonchev–Trinajstić information content (AvgIpc) is 2.73. The Labute approximate surface area is 170 Å². The fourth-order valence-electron chi connectivity index (χ4n) is 2.54. The molecule has 2 rings (SSSR count). The van der Waals surface area contributed by atoms with Crippen molar-refractivity contribution in [2.75, 3.05) is 13.2 Å². The van der Waals surface area contributed by atoms with Crippen molar-refractivity contribution in [1.29, 1.82) is 5.26 Å². The third kappa shape index (κ3) is 6.52.